The fourth-order valence-electron chi connectivity index (χ4n) is 2.38. The summed E-state index contributed by atoms with van der Waals surface area (Å²) < 4.78 is 0. The summed E-state index contributed by atoms with van der Waals surface area (Å²) in [6.45, 7) is 7.28. The van der Waals surface area contributed by atoms with E-state index < -0.39 is 0 Å². The maximum Gasteiger partial charge on any atom is 0.138 e. The molecule has 0 aliphatic rings. The van der Waals surface area contributed by atoms with Crippen molar-refractivity contribution < 1.29 is 0 Å². The lowest BCUT2D eigenvalue weighted by Gasteiger charge is -2.19. The van der Waals surface area contributed by atoms with Crippen molar-refractivity contribution in [3.63, 3.8) is 0 Å². The molecule has 3 heteroatoms. The fraction of sp³-hybridized carbons (Fsp3) is 0.278. The average molecular weight is 279 g/mol. The third-order valence-corrected chi connectivity index (χ3v) is 3.48. The van der Waals surface area contributed by atoms with Gasteiger partial charge >= 0.3 is 0 Å². The first-order valence-electron chi connectivity index (χ1n) is 7.30. The van der Waals surface area contributed by atoms with Crippen molar-refractivity contribution >= 4 is 10.8 Å². The lowest BCUT2D eigenvalue weighted by molar-refractivity contribution is 0.422. The number of hydrogen-bond acceptors (Lipinski definition) is 2. The van der Waals surface area contributed by atoms with E-state index in [1.54, 1.807) is 0 Å². The molecular weight excluding hydrogens is 258 g/mol. The lowest BCUT2D eigenvalue weighted by atomic mass is 10.0. The van der Waals surface area contributed by atoms with Crippen molar-refractivity contribution in [1.82, 2.24) is 15.3 Å². The van der Waals surface area contributed by atoms with Gasteiger partial charge < -0.3 is 10.3 Å². The number of fused-ring (bicyclic) bond motifs is 1. The summed E-state index contributed by atoms with van der Waals surface area (Å²) in [6.07, 6.45) is 1.91. The summed E-state index contributed by atoms with van der Waals surface area (Å²) in [5, 5.41) is 5.93. The number of imidazole rings is 1. The van der Waals surface area contributed by atoms with Crippen molar-refractivity contribution in [1.29, 1.82) is 0 Å². The second kappa shape index (κ2) is 5.34. The molecule has 3 aromatic rings. The minimum absolute atomic E-state index is 0.102. The fourth-order valence-corrected chi connectivity index (χ4v) is 2.38. The second-order valence-electron chi connectivity index (χ2n) is 6.39. The Kier molecular flexibility index (Phi) is 3.52. The number of benzene rings is 2. The van der Waals surface area contributed by atoms with Crippen molar-refractivity contribution in [2.24, 2.45) is 0 Å². The highest BCUT2D eigenvalue weighted by atomic mass is 15.0. The van der Waals surface area contributed by atoms with Crippen LogP contribution >= 0.6 is 0 Å². The van der Waals surface area contributed by atoms with Crippen LogP contribution in [0.4, 0.5) is 0 Å². The summed E-state index contributed by atoms with van der Waals surface area (Å²) in [6, 6.07) is 14.7. The molecule has 0 atom stereocenters. The van der Waals surface area contributed by atoms with Crippen LogP contribution in [0.2, 0.25) is 0 Å². The summed E-state index contributed by atoms with van der Waals surface area (Å²) in [5.41, 5.74) is 2.35. The van der Waals surface area contributed by atoms with Crippen molar-refractivity contribution in [2.45, 2.75) is 32.9 Å². The largest absolute Gasteiger partial charge is 0.341 e. The third kappa shape index (κ3) is 3.14. The monoisotopic (exact) mass is 279 g/mol. The first kappa shape index (κ1) is 13.8. The predicted octanol–water partition coefficient (Wildman–Crippen LogP) is 4.12. The maximum absolute atomic E-state index is 4.54. The van der Waals surface area contributed by atoms with Gasteiger partial charge in [-0.25, -0.2) is 4.98 Å². The van der Waals surface area contributed by atoms with Gasteiger partial charge in [0.05, 0.1) is 0 Å². The van der Waals surface area contributed by atoms with E-state index in [1.165, 1.54) is 10.8 Å². The number of rotatable bonds is 3. The van der Waals surface area contributed by atoms with Gasteiger partial charge in [0, 0.05) is 29.5 Å². The molecule has 0 saturated heterocycles. The van der Waals surface area contributed by atoms with Gasteiger partial charge in [-0.05, 0) is 31.5 Å². The Morgan fingerprint density at radius 2 is 1.81 bits per heavy atom. The van der Waals surface area contributed by atoms with Gasteiger partial charge in [0.25, 0.3) is 0 Å². The molecule has 0 saturated carbocycles. The molecule has 0 aliphatic carbocycles. The molecule has 2 N–H and O–H groups in total. The van der Waals surface area contributed by atoms with Crippen LogP contribution in [0.5, 0.6) is 0 Å². The Morgan fingerprint density at radius 3 is 2.62 bits per heavy atom. The minimum Gasteiger partial charge on any atom is -0.341 e. The zero-order valence-corrected chi connectivity index (χ0v) is 12.8. The molecule has 1 aromatic heterocycles. The summed E-state index contributed by atoms with van der Waals surface area (Å²) in [7, 11) is 0. The average Bonchev–Trinajstić information content (AvgIpc) is 2.92. The van der Waals surface area contributed by atoms with Crippen LogP contribution < -0.4 is 5.32 Å². The highest BCUT2D eigenvalue weighted by Gasteiger charge is 2.11. The van der Waals surface area contributed by atoms with Gasteiger partial charge in [-0.1, -0.05) is 42.5 Å². The Hall–Kier alpha value is -2.13. The highest BCUT2D eigenvalue weighted by Crippen LogP contribution is 2.26. The Morgan fingerprint density at radius 1 is 1.05 bits per heavy atom. The van der Waals surface area contributed by atoms with Crippen LogP contribution in [0.15, 0.2) is 48.7 Å². The molecule has 0 unspecified atom stereocenters. The highest BCUT2D eigenvalue weighted by molar-refractivity contribution is 5.95. The molecule has 0 bridgehead atoms. The van der Waals surface area contributed by atoms with E-state index in [4.69, 9.17) is 0 Å². The number of hydrogen-bond donors (Lipinski definition) is 2. The summed E-state index contributed by atoms with van der Waals surface area (Å²) in [5.74, 6) is 0.928. The first-order chi connectivity index (χ1) is 10.0. The van der Waals surface area contributed by atoms with E-state index in [0.717, 1.165) is 23.6 Å². The smallest absolute Gasteiger partial charge is 0.138 e. The molecule has 0 spiro atoms. The molecule has 0 aliphatic heterocycles. The Bertz CT molecular complexity index is 745. The minimum atomic E-state index is 0.102. The molecular formula is C18H21N3. The van der Waals surface area contributed by atoms with Crippen molar-refractivity contribution in [3.05, 3.63) is 54.4 Å². The third-order valence-electron chi connectivity index (χ3n) is 3.48. The second-order valence-corrected chi connectivity index (χ2v) is 6.39. The van der Waals surface area contributed by atoms with E-state index in [9.17, 15) is 0 Å². The summed E-state index contributed by atoms with van der Waals surface area (Å²) in [4.78, 5) is 7.96. The molecule has 2 aromatic carbocycles. The van der Waals surface area contributed by atoms with Gasteiger partial charge in [-0.3, -0.25) is 0 Å². The van der Waals surface area contributed by atoms with Crippen LogP contribution in [0, 0.1) is 0 Å². The van der Waals surface area contributed by atoms with Crippen LogP contribution in [-0.4, -0.2) is 15.5 Å². The zero-order chi connectivity index (χ0) is 14.9. The predicted molar refractivity (Wildman–Crippen MR) is 88.1 cm³/mol. The molecule has 3 rings (SSSR count). The topological polar surface area (TPSA) is 40.7 Å². The number of H-pyrrole nitrogens is 1. The SMILES string of the molecule is CC(C)(C)NCc1cnc(-c2cccc3ccccc23)[nH]1. The van der Waals surface area contributed by atoms with Crippen LogP contribution in [-0.2, 0) is 6.54 Å². The molecule has 21 heavy (non-hydrogen) atoms. The normalized spacial score (nSPS) is 12.0. The zero-order valence-electron chi connectivity index (χ0n) is 12.8. The molecule has 3 nitrogen and oxygen atoms in total. The van der Waals surface area contributed by atoms with Crippen LogP contribution in [0.3, 0.4) is 0 Å². The van der Waals surface area contributed by atoms with Crippen LogP contribution in [0.1, 0.15) is 26.5 Å². The van der Waals surface area contributed by atoms with E-state index in [2.05, 4.69) is 78.5 Å². The van der Waals surface area contributed by atoms with E-state index in [-0.39, 0.29) is 5.54 Å². The first-order valence-corrected chi connectivity index (χ1v) is 7.30. The lowest BCUT2D eigenvalue weighted by Crippen LogP contribution is -2.35. The number of aromatic amines is 1. The van der Waals surface area contributed by atoms with Crippen molar-refractivity contribution in [2.75, 3.05) is 0 Å². The van der Waals surface area contributed by atoms with E-state index >= 15 is 0 Å². The molecule has 0 amide bonds. The molecule has 0 fully saturated rings. The Balaban J connectivity index is 1.92. The van der Waals surface area contributed by atoms with Gasteiger partial charge in [-0.2, -0.15) is 0 Å². The van der Waals surface area contributed by atoms with Gasteiger partial charge in [0.1, 0.15) is 5.82 Å². The quantitative estimate of drug-likeness (QED) is 0.757. The molecule has 0 radical (unpaired) electrons. The number of nitrogens with one attached hydrogen (secondary N) is 2. The van der Waals surface area contributed by atoms with Gasteiger partial charge in [0.15, 0.2) is 0 Å². The van der Waals surface area contributed by atoms with E-state index in [1.807, 2.05) is 6.20 Å². The van der Waals surface area contributed by atoms with E-state index in [0.29, 0.717) is 0 Å². The van der Waals surface area contributed by atoms with Crippen molar-refractivity contribution in [3.8, 4) is 11.4 Å². The molecule has 1 heterocycles. The number of nitrogens with zero attached hydrogens (tertiary/aromatic N) is 1. The summed E-state index contributed by atoms with van der Waals surface area (Å²) >= 11 is 0. The van der Waals surface area contributed by atoms with Crippen LogP contribution in [0.25, 0.3) is 22.2 Å². The van der Waals surface area contributed by atoms with Gasteiger partial charge in [-0.15, -0.1) is 0 Å². The Labute approximate surface area is 125 Å². The molecule has 108 valence electrons. The maximum atomic E-state index is 4.54. The number of aromatic nitrogens is 2. The van der Waals surface area contributed by atoms with Gasteiger partial charge in [0.2, 0.25) is 0 Å². The standard InChI is InChI=1S/C18H21N3/c1-18(2,3)20-12-14-11-19-17(21-14)16-10-6-8-13-7-4-5-9-15(13)16/h4-11,20H,12H2,1-3H3,(H,19,21).